The first-order valence-electron chi connectivity index (χ1n) is 3.56. The lowest BCUT2D eigenvalue weighted by Gasteiger charge is -2.06. The Bertz CT molecular complexity index is 396. The summed E-state index contributed by atoms with van der Waals surface area (Å²) >= 11 is 2.98. The maximum atomic E-state index is 13.4. The maximum absolute atomic E-state index is 13.4. The smallest absolute Gasteiger partial charge is 0.252 e. The van der Waals surface area contributed by atoms with Gasteiger partial charge in [0.2, 0.25) is 6.41 Å². The molecule has 15 heavy (non-hydrogen) atoms. The second kappa shape index (κ2) is 5.45. The highest BCUT2D eigenvalue weighted by molar-refractivity contribution is 9.10. The molecule has 0 bridgehead atoms. The van der Waals surface area contributed by atoms with Gasteiger partial charge in [-0.05, 0) is 28.1 Å². The Balaban J connectivity index is 0.00000196. The molecular formula is C9H10BrFN2O2. The van der Waals surface area contributed by atoms with Crippen LogP contribution in [0.2, 0.25) is 0 Å². The Kier molecular flexibility index (Phi) is 4.93. The predicted octanol–water partition coefficient (Wildman–Crippen LogP) is 1.89. The van der Waals surface area contributed by atoms with Gasteiger partial charge in [0.1, 0.15) is 0 Å². The highest BCUT2D eigenvalue weighted by atomic mass is 79.9. The molecule has 82 valence electrons. The first kappa shape index (κ1) is 13.6. The van der Waals surface area contributed by atoms with Crippen LogP contribution in [0.15, 0.2) is 16.6 Å². The Hall–Kier alpha value is -1.43. The van der Waals surface area contributed by atoms with Crippen molar-refractivity contribution in [3.8, 4) is 0 Å². The van der Waals surface area contributed by atoms with Crippen LogP contribution in [0.25, 0.3) is 0 Å². The van der Waals surface area contributed by atoms with E-state index in [0.717, 1.165) is 0 Å². The summed E-state index contributed by atoms with van der Waals surface area (Å²) in [4.78, 5) is 20.9. The number of hydrogen-bond donors (Lipinski definition) is 2. The number of carbonyl (C=O) groups is 2. The minimum Gasteiger partial charge on any atom is -0.365 e. The monoisotopic (exact) mass is 276 g/mol. The summed E-state index contributed by atoms with van der Waals surface area (Å²) in [6.45, 7) is 0. The number of amides is 2. The zero-order chi connectivity index (χ0) is 10.7. The predicted molar refractivity (Wildman–Crippen MR) is 59.0 cm³/mol. The number of anilines is 1. The second-order valence-electron chi connectivity index (χ2n) is 2.41. The molecule has 0 spiro atoms. The minimum atomic E-state index is -0.899. The van der Waals surface area contributed by atoms with Crippen molar-refractivity contribution in [3.63, 3.8) is 0 Å². The molecule has 4 nitrogen and oxygen atoms in total. The van der Waals surface area contributed by atoms with Crippen LogP contribution in [0, 0.1) is 5.82 Å². The Morgan fingerprint density at radius 3 is 2.60 bits per heavy atom. The average Bonchev–Trinajstić information content (AvgIpc) is 2.10. The lowest BCUT2D eigenvalue weighted by molar-refractivity contribution is -0.105. The quantitative estimate of drug-likeness (QED) is 0.828. The van der Waals surface area contributed by atoms with Crippen LogP contribution in [0.1, 0.15) is 17.8 Å². The van der Waals surface area contributed by atoms with Crippen LogP contribution in [-0.2, 0) is 4.79 Å². The molecule has 0 unspecified atom stereocenters. The molecule has 1 rings (SSSR count). The van der Waals surface area contributed by atoms with Gasteiger partial charge >= 0.3 is 0 Å². The molecule has 6 heteroatoms. The number of nitrogens with one attached hydrogen (secondary N) is 1. The molecule has 0 aliphatic rings. The molecule has 0 aliphatic heterocycles. The van der Waals surface area contributed by atoms with Crippen LogP contribution < -0.4 is 11.1 Å². The van der Waals surface area contributed by atoms with E-state index >= 15 is 0 Å². The van der Waals surface area contributed by atoms with Crippen LogP contribution in [0.3, 0.4) is 0 Å². The topological polar surface area (TPSA) is 72.2 Å². The number of benzene rings is 1. The number of halogens is 2. The van der Waals surface area contributed by atoms with Gasteiger partial charge in [-0.1, -0.05) is 7.43 Å². The third-order valence-corrected chi connectivity index (χ3v) is 2.21. The number of carbonyl (C=O) groups excluding carboxylic acids is 2. The molecule has 0 atom stereocenters. The lowest BCUT2D eigenvalue weighted by Crippen LogP contribution is -2.15. The summed E-state index contributed by atoms with van der Waals surface area (Å²) in [6, 6.07) is 2.75. The Morgan fingerprint density at radius 1 is 1.53 bits per heavy atom. The normalized spacial score (nSPS) is 8.93. The largest absolute Gasteiger partial charge is 0.365 e. The lowest BCUT2D eigenvalue weighted by atomic mass is 10.2. The van der Waals surface area contributed by atoms with Gasteiger partial charge < -0.3 is 11.1 Å². The van der Waals surface area contributed by atoms with Crippen LogP contribution in [-0.4, -0.2) is 12.3 Å². The molecule has 0 radical (unpaired) electrons. The number of nitrogens with two attached hydrogens (primary N) is 1. The van der Waals surface area contributed by atoms with Gasteiger partial charge in [-0.3, -0.25) is 9.59 Å². The zero-order valence-electron chi connectivity index (χ0n) is 6.88. The van der Waals surface area contributed by atoms with Gasteiger partial charge in [0.25, 0.3) is 5.91 Å². The van der Waals surface area contributed by atoms with E-state index < -0.39 is 11.7 Å². The van der Waals surface area contributed by atoms with Crippen LogP contribution >= 0.6 is 15.9 Å². The first-order valence-corrected chi connectivity index (χ1v) is 4.35. The highest BCUT2D eigenvalue weighted by Crippen LogP contribution is 2.25. The van der Waals surface area contributed by atoms with E-state index in [-0.39, 0.29) is 23.2 Å². The molecular weight excluding hydrogens is 267 g/mol. The van der Waals surface area contributed by atoms with Gasteiger partial charge in [-0.15, -0.1) is 0 Å². The van der Waals surface area contributed by atoms with Crippen LogP contribution in [0.5, 0.6) is 0 Å². The van der Waals surface area contributed by atoms with Crippen molar-refractivity contribution in [1.29, 1.82) is 0 Å². The summed E-state index contributed by atoms with van der Waals surface area (Å²) in [7, 11) is 0. The van der Waals surface area contributed by atoms with E-state index in [0.29, 0.717) is 6.41 Å². The summed E-state index contributed by atoms with van der Waals surface area (Å²) in [5.74, 6) is -1.75. The molecule has 3 N–H and O–H groups in total. The van der Waals surface area contributed by atoms with Crippen molar-refractivity contribution < 1.29 is 14.0 Å². The van der Waals surface area contributed by atoms with Crippen molar-refractivity contribution >= 4 is 33.9 Å². The van der Waals surface area contributed by atoms with Crippen molar-refractivity contribution in [2.45, 2.75) is 7.43 Å². The Morgan fingerprint density at radius 2 is 2.13 bits per heavy atom. The molecule has 1 aromatic carbocycles. The molecule has 1 aromatic rings. The molecule has 0 aromatic heterocycles. The molecule has 0 saturated carbocycles. The maximum Gasteiger partial charge on any atom is 0.252 e. The third kappa shape index (κ3) is 2.76. The van der Waals surface area contributed by atoms with Gasteiger partial charge in [0.05, 0.1) is 11.3 Å². The Labute approximate surface area is 94.8 Å². The summed E-state index contributed by atoms with van der Waals surface area (Å²) in [5.41, 5.74) is 4.59. The molecule has 0 fully saturated rings. The van der Waals surface area contributed by atoms with E-state index in [1.807, 2.05) is 0 Å². The molecule has 2 amide bonds. The summed E-state index contributed by atoms with van der Waals surface area (Å²) in [5, 5.41) is 2.11. The zero-order valence-corrected chi connectivity index (χ0v) is 8.47. The third-order valence-electron chi connectivity index (χ3n) is 1.55. The summed E-state index contributed by atoms with van der Waals surface area (Å²) < 4.78 is 13.7. The van der Waals surface area contributed by atoms with E-state index in [4.69, 9.17) is 5.73 Å². The van der Waals surface area contributed by atoms with E-state index in [2.05, 4.69) is 21.2 Å². The number of primary amides is 1. The SMILES string of the molecule is C.NC(=O)c1c(Br)ccc(NC=O)c1F. The first-order chi connectivity index (χ1) is 6.57. The van der Waals surface area contributed by atoms with E-state index in [1.54, 1.807) is 0 Å². The fourth-order valence-corrected chi connectivity index (χ4v) is 1.45. The van der Waals surface area contributed by atoms with Gasteiger partial charge in [0, 0.05) is 4.47 Å². The fourth-order valence-electron chi connectivity index (χ4n) is 0.953. The van der Waals surface area contributed by atoms with Gasteiger partial charge in [0.15, 0.2) is 5.82 Å². The second-order valence-corrected chi connectivity index (χ2v) is 3.26. The number of hydrogen-bond acceptors (Lipinski definition) is 2. The van der Waals surface area contributed by atoms with Crippen molar-refractivity contribution in [1.82, 2.24) is 0 Å². The summed E-state index contributed by atoms with van der Waals surface area (Å²) in [6.07, 6.45) is 0.317. The average molecular weight is 277 g/mol. The van der Waals surface area contributed by atoms with Crippen LogP contribution in [0.4, 0.5) is 10.1 Å². The van der Waals surface area contributed by atoms with E-state index in [9.17, 15) is 14.0 Å². The van der Waals surface area contributed by atoms with Crippen molar-refractivity contribution in [2.24, 2.45) is 5.73 Å². The van der Waals surface area contributed by atoms with Crippen molar-refractivity contribution in [2.75, 3.05) is 5.32 Å². The standard InChI is InChI=1S/C8H6BrFN2O2.CH4/c9-4-1-2-5(12-3-13)7(10)6(4)8(11)14;/h1-3H,(H2,11,14)(H,12,13);1H4. The van der Waals surface area contributed by atoms with Gasteiger partial charge in [-0.2, -0.15) is 0 Å². The van der Waals surface area contributed by atoms with E-state index in [1.165, 1.54) is 12.1 Å². The highest BCUT2D eigenvalue weighted by Gasteiger charge is 2.16. The minimum absolute atomic E-state index is 0. The molecule has 0 aliphatic carbocycles. The van der Waals surface area contributed by atoms with Crippen molar-refractivity contribution in [3.05, 3.63) is 28.0 Å². The molecule has 0 saturated heterocycles. The molecule has 0 heterocycles. The van der Waals surface area contributed by atoms with Gasteiger partial charge in [-0.25, -0.2) is 4.39 Å². The fraction of sp³-hybridized carbons (Fsp3) is 0.111. The number of rotatable bonds is 3.